The van der Waals surface area contributed by atoms with Crippen molar-refractivity contribution in [2.24, 2.45) is 0 Å². The molecule has 0 unspecified atom stereocenters. The standard InChI is InChI=1S/C17H15N3O4/c1-10-15(16(20-19-10)13-3-2-6-22-13)17(21)18-11-4-5-12-14(9-11)24-8-7-23-12/h2-6,9H,7-8H2,1H3,(H,18,21)(H,19,20). The van der Waals surface area contributed by atoms with Crippen molar-refractivity contribution in [3.63, 3.8) is 0 Å². The largest absolute Gasteiger partial charge is 0.486 e. The van der Waals surface area contributed by atoms with Crippen molar-refractivity contribution in [2.75, 3.05) is 18.5 Å². The molecule has 1 aromatic carbocycles. The lowest BCUT2D eigenvalue weighted by atomic mass is 10.1. The lowest BCUT2D eigenvalue weighted by Gasteiger charge is -2.19. The van der Waals surface area contributed by atoms with Gasteiger partial charge in [-0.05, 0) is 31.2 Å². The summed E-state index contributed by atoms with van der Waals surface area (Å²) in [6.07, 6.45) is 1.54. The lowest BCUT2D eigenvalue weighted by molar-refractivity contribution is 0.102. The molecular weight excluding hydrogens is 310 g/mol. The maximum atomic E-state index is 12.7. The Labute approximate surface area is 137 Å². The Hall–Kier alpha value is -3.22. The van der Waals surface area contributed by atoms with Crippen LogP contribution in [0, 0.1) is 6.92 Å². The smallest absolute Gasteiger partial charge is 0.259 e. The molecule has 0 saturated carbocycles. The Kier molecular flexibility index (Phi) is 3.45. The number of ether oxygens (including phenoxy) is 2. The summed E-state index contributed by atoms with van der Waals surface area (Å²) < 4.78 is 16.4. The van der Waals surface area contributed by atoms with Gasteiger partial charge in [-0.3, -0.25) is 9.89 Å². The van der Waals surface area contributed by atoms with Gasteiger partial charge in [0.2, 0.25) is 0 Å². The average Bonchev–Trinajstić information content (AvgIpc) is 3.24. The molecule has 4 rings (SSSR count). The zero-order valence-corrected chi connectivity index (χ0v) is 13.0. The zero-order chi connectivity index (χ0) is 16.5. The van der Waals surface area contributed by atoms with Crippen molar-refractivity contribution < 1.29 is 18.7 Å². The minimum absolute atomic E-state index is 0.274. The van der Waals surface area contributed by atoms with E-state index in [1.54, 1.807) is 43.5 Å². The number of benzene rings is 1. The molecule has 3 heterocycles. The van der Waals surface area contributed by atoms with Gasteiger partial charge in [-0.2, -0.15) is 5.10 Å². The molecule has 0 radical (unpaired) electrons. The Bertz CT molecular complexity index is 883. The molecule has 0 bridgehead atoms. The van der Waals surface area contributed by atoms with Gasteiger partial charge in [-0.15, -0.1) is 0 Å². The Morgan fingerprint density at radius 1 is 1.21 bits per heavy atom. The van der Waals surface area contributed by atoms with Crippen LogP contribution < -0.4 is 14.8 Å². The first kappa shape index (κ1) is 14.4. The molecule has 2 N–H and O–H groups in total. The monoisotopic (exact) mass is 325 g/mol. The van der Waals surface area contributed by atoms with E-state index in [4.69, 9.17) is 13.9 Å². The molecule has 1 aliphatic heterocycles. The Morgan fingerprint density at radius 2 is 2.04 bits per heavy atom. The molecule has 0 saturated heterocycles. The number of carbonyl (C=O) groups is 1. The van der Waals surface area contributed by atoms with Gasteiger partial charge in [-0.1, -0.05) is 0 Å². The van der Waals surface area contributed by atoms with Gasteiger partial charge < -0.3 is 19.2 Å². The van der Waals surface area contributed by atoms with Crippen LogP contribution in [0.1, 0.15) is 16.1 Å². The molecule has 0 aliphatic carbocycles. The number of rotatable bonds is 3. The molecule has 122 valence electrons. The maximum absolute atomic E-state index is 12.7. The number of aryl methyl sites for hydroxylation is 1. The fourth-order valence-corrected chi connectivity index (χ4v) is 2.61. The van der Waals surface area contributed by atoms with E-state index in [-0.39, 0.29) is 5.91 Å². The molecular formula is C17H15N3O4. The van der Waals surface area contributed by atoms with E-state index in [0.717, 1.165) is 0 Å². The van der Waals surface area contributed by atoms with Crippen LogP contribution in [-0.4, -0.2) is 29.3 Å². The highest BCUT2D eigenvalue weighted by atomic mass is 16.6. The molecule has 7 heteroatoms. The number of aromatic amines is 1. The van der Waals surface area contributed by atoms with Crippen LogP contribution in [0.3, 0.4) is 0 Å². The number of anilines is 1. The van der Waals surface area contributed by atoms with Gasteiger partial charge in [0.25, 0.3) is 5.91 Å². The predicted octanol–water partition coefficient (Wildman–Crippen LogP) is 3.00. The lowest BCUT2D eigenvalue weighted by Crippen LogP contribution is -2.17. The predicted molar refractivity (Wildman–Crippen MR) is 86.4 cm³/mol. The second-order valence-corrected chi connectivity index (χ2v) is 5.36. The zero-order valence-electron chi connectivity index (χ0n) is 13.0. The van der Waals surface area contributed by atoms with E-state index < -0.39 is 0 Å². The summed E-state index contributed by atoms with van der Waals surface area (Å²) in [6.45, 7) is 2.81. The molecule has 1 amide bonds. The van der Waals surface area contributed by atoms with Crippen molar-refractivity contribution in [3.05, 3.63) is 47.9 Å². The summed E-state index contributed by atoms with van der Waals surface area (Å²) in [5.41, 5.74) is 2.21. The number of carbonyl (C=O) groups excluding carboxylic acids is 1. The quantitative estimate of drug-likeness (QED) is 0.772. The van der Waals surface area contributed by atoms with Crippen LogP contribution in [0.4, 0.5) is 5.69 Å². The van der Waals surface area contributed by atoms with Gasteiger partial charge in [0.15, 0.2) is 17.3 Å². The SMILES string of the molecule is Cc1[nH]nc(-c2ccco2)c1C(=O)Nc1ccc2c(c1)OCCO2. The third kappa shape index (κ3) is 2.50. The number of furan rings is 1. The van der Waals surface area contributed by atoms with Crippen LogP contribution in [0.15, 0.2) is 41.0 Å². The summed E-state index contributed by atoms with van der Waals surface area (Å²) >= 11 is 0. The molecule has 2 aromatic heterocycles. The van der Waals surface area contributed by atoms with E-state index in [0.29, 0.717) is 53.1 Å². The van der Waals surface area contributed by atoms with Gasteiger partial charge in [-0.25, -0.2) is 0 Å². The summed E-state index contributed by atoms with van der Waals surface area (Å²) in [6, 6.07) is 8.81. The maximum Gasteiger partial charge on any atom is 0.259 e. The Morgan fingerprint density at radius 3 is 2.83 bits per heavy atom. The summed E-state index contributed by atoms with van der Waals surface area (Å²) in [5, 5.41) is 9.85. The van der Waals surface area contributed by atoms with Crippen LogP contribution in [-0.2, 0) is 0 Å². The average molecular weight is 325 g/mol. The number of hydrogen-bond acceptors (Lipinski definition) is 5. The fraction of sp³-hybridized carbons (Fsp3) is 0.176. The topological polar surface area (TPSA) is 89.4 Å². The number of fused-ring (bicyclic) bond motifs is 1. The van der Waals surface area contributed by atoms with Crippen LogP contribution in [0.5, 0.6) is 11.5 Å². The van der Waals surface area contributed by atoms with Crippen molar-refractivity contribution in [1.29, 1.82) is 0 Å². The number of hydrogen-bond donors (Lipinski definition) is 2. The molecule has 7 nitrogen and oxygen atoms in total. The van der Waals surface area contributed by atoms with E-state index in [2.05, 4.69) is 15.5 Å². The second-order valence-electron chi connectivity index (χ2n) is 5.36. The summed E-state index contributed by atoms with van der Waals surface area (Å²) in [7, 11) is 0. The number of nitrogens with one attached hydrogen (secondary N) is 2. The molecule has 1 aliphatic rings. The number of amides is 1. The molecule has 0 fully saturated rings. The van der Waals surface area contributed by atoms with Crippen molar-refractivity contribution >= 4 is 11.6 Å². The first-order valence-corrected chi connectivity index (χ1v) is 7.52. The first-order chi connectivity index (χ1) is 11.7. The first-order valence-electron chi connectivity index (χ1n) is 7.52. The molecule has 0 spiro atoms. The molecule has 3 aromatic rings. The van der Waals surface area contributed by atoms with Gasteiger partial charge in [0, 0.05) is 17.4 Å². The van der Waals surface area contributed by atoms with E-state index in [1.165, 1.54) is 0 Å². The number of H-pyrrole nitrogens is 1. The van der Waals surface area contributed by atoms with Crippen molar-refractivity contribution in [1.82, 2.24) is 10.2 Å². The minimum atomic E-state index is -0.274. The van der Waals surface area contributed by atoms with E-state index in [1.807, 2.05) is 0 Å². The van der Waals surface area contributed by atoms with Crippen LogP contribution in [0.2, 0.25) is 0 Å². The normalized spacial score (nSPS) is 12.9. The van der Waals surface area contributed by atoms with Gasteiger partial charge >= 0.3 is 0 Å². The summed E-state index contributed by atoms with van der Waals surface area (Å²) in [5.74, 6) is 1.56. The number of aromatic nitrogens is 2. The van der Waals surface area contributed by atoms with Gasteiger partial charge in [0.05, 0.1) is 11.8 Å². The molecule has 24 heavy (non-hydrogen) atoms. The van der Waals surface area contributed by atoms with Crippen LogP contribution >= 0.6 is 0 Å². The van der Waals surface area contributed by atoms with Crippen LogP contribution in [0.25, 0.3) is 11.5 Å². The fourth-order valence-electron chi connectivity index (χ4n) is 2.61. The third-order valence-corrected chi connectivity index (χ3v) is 3.73. The van der Waals surface area contributed by atoms with Crippen molar-refractivity contribution in [3.8, 4) is 23.0 Å². The highest BCUT2D eigenvalue weighted by molar-refractivity contribution is 6.08. The third-order valence-electron chi connectivity index (χ3n) is 3.73. The van der Waals surface area contributed by atoms with E-state index in [9.17, 15) is 4.79 Å². The second kappa shape index (κ2) is 5.77. The van der Waals surface area contributed by atoms with Crippen molar-refractivity contribution in [2.45, 2.75) is 6.92 Å². The minimum Gasteiger partial charge on any atom is -0.486 e. The Balaban J connectivity index is 1.62. The summed E-state index contributed by atoms with van der Waals surface area (Å²) in [4.78, 5) is 12.7. The highest BCUT2D eigenvalue weighted by Crippen LogP contribution is 2.33. The van der Waals surface area contributed by atoms with E-state index >= 15 is 0 Å². The number of nitrogens with zero attached hydrogens (tertiary/aromatic N) is 1. The molecule has 0 atom stereocenters. The van der Waals surface area contributed by atoms with Gasteiger partial charge in [0.1, 0.15) is 18.9 Å². The highest BCUT2D eigenvalue weighted by Gasteiger charge is 2.22.